The third-order valence-electron chi connectivity index (χ3n) is 4.45. The number of nitro groups is 2. The number of nitro benzene ring substituents is 2. The van der Waals surface area contributed by atoms with Crippen molar-refractivity contribution < 1.29 is 29.6 Å². The van der Waals surface area contributed by atoms with Gasteiger partial charge < -0.3 is 26.6 Å². The Hall–Kier alpha value is -5.20. The SMILES string of the molecule is CCNc1ccc(C(=O)O)cc1[N+](=O)[O-].Nc1ccc(Nc2ccccc2C(=O)O)c([N+](=O)[O-])c1. The van der Waals surface area contributed by atoms with Crippen LogP contribution in [0.3, 0.4) is 0 Å². The summed E-state index contributed by atoms with van der Waals surface area (Å²) in [6, 6.07) is 14.1. The molecule has 0 saturated heterocycles. The van der Waals surface area contributed by atoms with Crippen molar-refractivity contribution in [3.8, 4) is 0 Å². The van der Waals surface area contributed by atoms with E-state index in [1.54, 1.807) is 19.1 Å². The highest BCUT2D eigenvalue weighted by Gasteiger charge is 2.17. The number of carboxylic acids is 2. The summed E-state index contributed by atoms with van der Waals surface area (Å²) in [4.78, 5) is 42.1. The Balaban J connectivity index is 0.000000258. The first-order valence-corrected chi connectivity index (χ1v) is 9.94. The molecule has 3 aromatic rings. The number of carboxylic acid groups (broad SMARTS) is 2. The fourth-order valence-corrected chi connectivity index (χ4v) is 2.88. The smallest absolute Gasteiger partial charge is 0.337 e. The summed E-state index contributed by atoms with van der Waals surface area (Å²) >= 11 is 0. The Morgan fingerprint density at radius 1 is 0.857 bits per heavy atom. The first-order valence-electron chi connectivity index (χ1n) is 9.94. The number of para-hydroxylation sites is 1. The van der Waals surface area contributed by atoms with Crippen molar-refractivity contribution in [3.63, 3.8) is 0 Å². The molecule has 0 unspecified atom stereocenters. The average molecular weight is 483 g/mol. The molecule has 0 aliphatic carbocycles. The van der Waals surface area contributed by atoms with E-state index in [9.17, 15) is 29.8 Å². The molecule has 0 spiro atoms. The van der Waals surface area contributed by atoms with Crippen LogP contribution in [0.1, 0.15) is 27.6 Å². The lowest BCUT2D eigenvalue weighted by atomic mass is 10.1. The molecule has 0 aliphatic heterocycles. The maximum absolute atomic E-state index is 11.1. The fraction of sp³-hybridized carbons (Fsp3) is 0.0909. The molecule has 0 aliphatic rings. The number of anilines is 4. The van der Waals surface area contributed by atoms with E-state index in [0.29, 0.717) is 12.2 Å². The average Bonchev–Trinajstić information content (AvgIpc) is 2.81. The van der Waals surface area contributed by atoms with Crippen molar-refractivity contribution in [3.05, 3.63) is 92.0 Å². The van der Waals surface area contributed by atoms with E-state index in [4.69, 9.17) is 15.9 Å². The van der Waals surface area contributed by atoms with Crippen molar-refractivity contribution in [1.29, 1.82) is 0 Å². The minimum Gasteiger partial charge on any atom is -0.478 e. The lowest BCUT2D eigenvalue weighted by Gasteiger charge is -2.10. The van der Waals surface area contributed by atoms with Crippen LogP contribution in [-0.4, -0.2) is 38.5 Å². The second-order valence-electron chi connectivity index (χ2n) is 6.83. The molecule has 182 valence electrons. The summed E-state index contributed by atoms with van der Waals surface area (Å²) in [6.45, 7) is 2.34. The minimum atomic E-state index is -1.18. The second-order valence-corrected chi connectivity index (χ2v) is 6.83. The predicted octanol–water partition coefficient (Wildman–Crippen LogP) is 4.34. The molecular weight excluding hydrogens is 462 g/mol. The first kappa shape index (κ1) is 26.1. The van der Waals surface area contributed by atoms with E-state index >= 15 is 0 Å². The number of nitrogens with one attached hydrogen (secondary N) is 2. The van der Waals surface area contributed by atoms with E-state index < -0.39 is 21.8 Å². The number of hydrogen-bond donors (Lipinski definition) is 5. The van der Waals surface area contributed by atoms with E-state index in [-0.39, 0.29) is 39.6 Å². The Morgan fingerprint density at radius 2 is 1.46 bits per heavy atom. The topological polar surface area (TPSA) is 211 Å². The molecule has 0 fully saturated rings. The highest BCUT2D eigenvalue weighted by atomic mass is 16.6. The third-order valence-corrected chi connectivity index (χ3v) is 4.45. The van der Waals surface area contributed by atoms with Gasteiger partial charge in [-0.25, -0.2) is 9.59 Å². The van der Waals surface area contributed by atoms with E-state index in [0.717, 1.165) is 6.07 Å². The van der Waals surface area contributed by atoms with Crippen LogP contribution in [0, 0.1) is 20.2 Å². The number of nitrogen functional groups attached to an aromatic ring is 1. The number of rotatable bonds is 8. The molecule has 13 heteroatoms. The zero-order valence-electron chi connectivity index (χ0n) is 18.3. The largest absolute Gasteiger partial charge is 0.478 e. The minimum absolute atomic E-state index is 0.0265. The van der Waals surface area contributed by atoms with Crippen LogP contribution in [0.4, 0.5) is 34.1 Å². The number of aromatic carboxylic acids is 2. The van der Waals surface area contributed by atoms with Gasteiger partial charge in [0.25, 0.3) is 11.4 Å². The Bertz CT molecular complexity index is 1280. The third kappa shape index (κ3) is 6.89. The number of carbonyl (C=O) groups is 2. The highest BCUT2D eigenvalue weighted by Crippen LogP contribution is 2.30. The van der Waals surface area contributed by atoms with Gasteiger partial charge in [-0.3, -0.25) is 20.2 Å². The molecule has 6 N–H and O–H groups in total. The van der Waals surface area contributed by atoms with E-state index in [2.05, 4.69) is 10.6 Å². The van der Waals surface area contributed by atoms with E-state index in [1.807, 2.05) is 0 Å². The summed E-state index contributed by atoms with van der Waals surface area (Å²) < 4.78 is 0. The van der Waals surface area contributed by atoms with Gasteiger partial charge in [-0.15, -0.1) is 0 Å². The number of nitrogens with zero attached hydrogens (tertiary/aromatic N) is 2. The fourth-order valence-electron chi connectivity index (χ4n) is 2.88. The van der Waals surface area contributed by atoms with Gasteiger partial charge >= 0.3 is 11.9 Å². The lowest BCUT2D eigenvalue weighted by Crippen LogP contribution is -2.04. The van der Waals surface area contributed by atoms with Gasteiger partial charge in [0.1, 0.15) is 11.4 Å². The molecular formula is C22H21N5O8. The van der Waals surface area contributed by atoms with Gasteiger partial charge in [-0.05, 0) is 43.3 Å². The van der Waals surface area contributed by atoms with Gasteiger partial charge in [0, 0.05) is 24.4 Å². The zero-order chi connectivity index (χ0) is 26.1. The predicted molar refractivity (Wildman–Crippen MR) is 128 cm³/mol. The highest BCUT2D eigenvalue weighted by molar-refractivity contribution is 5.95. The molecule has 3 aromatic carbocycles. The van der Waals surface area contributed by atoms with Crippen LogP contribution in [0.5, 0.6) is 0 Å². The van der Waals surface area contributed by atoms with Gasteiger partial charge in [0.2, 0.25) is 0 Å². The Kier molecular flexibility index (Phi) is 8.64. The summed E-state index contributed by atoms with van der Waals surface area (Å²) in [6.07, 6.45) is 0. The van der Waals surface area contributed by atoms with Crippen LogP contribution in [0.25, 0.3) is 0 Å². The monoisotopic (exact) mass is 483 g/mol. The van der Waals surface area contributed by atoms with Crippen molar-refractivity contribution in [2.45, 2.75) is 6.92 Å². The molecule has 0 heterocycles. The maximum Gasteiger partial charge on any atom is 0.337 e. The number of nitrogens with two attached hydrogens (primary N) is 1. The molecule has 3 rings (SSSR count). The maximum atomic E-state index is 11.1. The molecule has 0 atom stereocenters. The van der Waals surface area contributed by atoms with Crippen molar-refractivity contribution in [2.24, 2.45) is 0 Å². The molecule has 0 amide bonds. The standard InChI is InChI=1S/C13H11N3O4.C9H10N2O4/c14-8-5-6-11(12(7-8)16(19)20)15-10-4-2-1-3-9(10)13(17)18;1-2-10-7-4-3-6(9(12)13)5-8(7)11(14)15/h1-7,15H,14H2,(H,17,18);3-5,10H,2H2,1H3,(H,12,13). The van der Waals surface area contributed by atoms with Crippen LogP contribution in [-0.2, 0) is 0 Å². The van der Waals surface area contributed by atoms with Crippen molar-refractivity contribution in [1.82, 2.24) is 0 Å². The van der Waals surface area contributed by atoms with Crippen LogP contribution in [0.15, 0.2) is 60.7 Å². The lowest BCUT2D eigenvalue weighted by molar-refractivity contribution is -0.384. The number of benzene rings is 3. The summed E-state index contributed by atoms with van der Waals surface area (Å²) in [5, 5.41) is 44.9. The van der Waals surface area contributed by atoms with Crippen LogP contribution >= 0.6 is 0 Å². The summed E-state index contributed by atoms with van der Waals surface area (Å²) in [7, 11) is 0. The van der Waals surface area contributed by atoms with Crippen LogP contribution in [0.2, 0.25) is 0 Å². The van der Waals surface area contributed by atoms with Gasteiger partial charge in [0.15, 0.2) is 0 Å². The normalized spacial score (nSPS) is 9.86. The molecule has 13 nitrogen and oxygen atoms in total. The van der Waals surface area contributed by atoms with Crippen LogP contribution < -0.4 is 16.4 Å². The molecule has 0 bridgehead atoms. The van der Waals surface area contributed by atoms with Crippen molar-refractivity contribution in [2.75, 3.05) is 22.9 Å². The van der Waals surface area contributed by atoms with Crippen molar-refractivity contribution >= 4 is 46.1 Å². The quantitative estimate of drug-likeness (QED) is 0.173. The van der Waals surface area contributed by atoms with Gasteiger partial charge in [-0.2, -0.15) is 0 Å². The molecule has 0 saturated carbocycles. The number of hydrogen-bond acceptors (Lipinski definition) is 9. The molecule has 0 aromatic heterocycles. The Labute approximate surface area is 198 Å². The Morgan fingerprint density at radius 3 is 2.03 bits per heavy atom. The van der Waals surface area contributed by atoms with Gasteiger partial charge in [0.05, 0.1) is 26.7 Å². The van der Waals surface area contributed by atoms with Gasteiger partial charge in [-0.1, -0.05) is 12.1 Å². The van der Waals surface area contributed by atoms with E-state index in [1.165, 1.54) is 42.5 Å². The zero-order valence-corrected chi connectivity index (χ0v) is 18.3. The molecule has 35 heavy (non-hydrogen) atoms. The summed E-state index contributed by atoms with van der Waals surface area (Å²) in [5.74, 6) is -2.30. The molecule has 0 radical (unpaired) electrons. The second kappa shape index (κ2) is 11.6. The first-order chi connectivity index (χ1) is 16.5. The summed E-state index contributed by atoms with van der Waals surface area (Å²) in [5.41, 5.74) is 6.03.